The second-order valence-corrected chi connectivity index (χ2v) is 9.07. The summed E-state index contributed by atoms with van der Waals surface area (Å²) in [5.41, 5.74) is 0.893. The molecule has 0 aromatic heterocycles. The Morgan fingerprint density at radius 3 is 1.80 bits per heavy atom. The van der Waals surface area contributed by atoms with E-state index >= 15 is 0 Å². The Bertz CT molecular complexity index is 1430. The van der Waals surface area contributed by atoms with Gasteiger partial charge in [-0.2, -0.15) is 0 Å². The fourth-order valence-corrected chi connectivity index (χ4v) is 3.99. The third-order valence-corrected chi connectivity index (χ3v) is 6.02. The zero-order valence-electron chi connectivity index (χ0n) is 25.2. The molecule has 0 saturated carbocycles. The molecule has 2 atom stereocenters. The Labute approximate surface area is 254 Å². The van der Waals surface area contributed by atoms with Crippen LogP contribution in [0.4, 0.5) is 0 Å². The number of carbonyl (C=O) groups excluding carboxylic acids is 3. The number of ether oxygens (including phenoxy) is 8. The molecule has 234 valence electrons. The van der Waals surface area contributed by atoms with Gasteiger partial charge in [0.2, 0.25) is 11.5 Å². The van der Waals surface area contributed by atoms with Crippen LogP contribution in [-0.2, 0) is 19.1 Å². The van der Waals surface area contributed by atoms with Crippen molar-refractivity contribution in [2.75, 3.05) is 35.0 Å². The molecule has 0 radical (unpaired) electrons. The van der Waals surface area contributed by atoms with E-state index in [-0.39, 0.29) is 28.6 Å². The molecular formula is C32H34O12. The van der Waals surface area contributed by atoms with Crippen molar-refractivity contribution in [3.8, 4) is 40.2 Å². The summed E-state index contributed by atoms with van der Waals surface area (Å²) in [4.78, 5) is 35.4. The first-order valence-corrected chi connectivity index (χ1v) is 13.2. The predicted octanol–water partition coefficient (Wildman–Crippen LogP) is 4.31. The van der Waals surface area contributed by atoms with Crippen molar-refractivity contribution in [1.82, 2.24) is 0 Å². The molecule has 0 bridgehead atoms. The zero-order valence-corrected chi connectivity index (χ0v) is 25.2. The Kier molecular flexibility index (Phi) is 12.0. The van der Waals surface area contributed by atoms with Crippen molar-refractivity contribution < 1.29 is 57.4 Å². The third kappa shape index (κ3) is 8.88. The molecule has 12 heteroatoms. The van der Waals surface area contributed by atoms with Gasteiger partial charge >= 0.3 is 17.9 Å². The molecule has 3 rings (SSSR count). The molecule has 3 aromatic rings. The summed E-state index contributed by atoms with van der Waals surface area (Å²) in [6, 6.07) is 14.4. The van der Waals surface area contributed by atoms with E-state index in [1.54, 1.807) is 42.5 Å². The summed E-state index contributed by atoms with van der Waals surface area (Å²) in [5.74, 6) is -0.358. The lowest BCUT2D eigenvalue weighted by Gasteiger charge is -2.26. The van der Waals surface area contributed by atoms with Crippen LogP contribution in [0.25, 0.3) is 6.08 Å². The molecule has 12 nitrogen and oxygen atoms in total. The summed E-state index contributed by atoms with van der Waals surface area (Å²) in [5, 5.41) is 11.5. The van der Waals surface area contributed by atoms with Gasteiger partial charge in [0.1, 0.15) is 18.5 Å². The smallest absolute Gasteiger partial charge is 0.330 e. The van der Waals surface area contributed by atoms with Crippen molar-refractivity contribution in [2.24, 2.45) is 0 Å². The highest BCUT2D eigenvalue weighted by molar-refractivity contribution is 5.87. The second-order valence-electron chi connectivity index (χ2n) is 9.07. The van der Waals surface area contributed by atoms with Crippen LogP contribution in [0.15, 0.2) is 60.7 Å². The highest BCUT2D eigenvalue weighted by atomic mass is 16.6. The molecule has 0 saturated heterocycles. The highest BCUT2D eigenvalue weighted by Gasteiger charge is 2.30. The van der Waals surface area contributed by atoms with Gasteiger partial charge in [0.05, 0.1) is 28.4 Å². The summed E-state index contributed by atoms with van der Waals surface area (Å²) in [6.07, 6.45) is 0.0891. The quantitative estimate of drug-likeness (QED) is 0.158. The van der Waals surface area contributed by atoms with Gasteiger partial charge in [-0.15, -0.1) is 0 Å². The number of rotatable bonds is 14. The monoisotopic (exact) mass is 610 g/mol. The minimum Gasteiger partial charge on any atom is -0.493 e. The Morgan fingerprint density at radius 2 is 1.30 bits per heavy atom. The van der Waals surface area contributed by atoms with Crippen LogP contribution in [0.1, 0.15) is 31.1 Å². The van der Waals surface area contributed by atoms with Crippen LogP contribution in [0.2, 0.25) is 0 Å². The molecule has 0 aliphatic carbocycles. The first-order chi connectivity index (χ1) is 21.1. The third-order valence-electron chi connectivity index (χ3n) is 6.02. The highest BCUT2D eigenvalue weighted by Crippen LogP contribution is 2.42. The van der Waals surface area contributed by atoms with Crippen LogP contribution in [0.3, 0.4) is 0 Å². The lowest BCUT2D eigenvalue weighted by Crippen LogP contribution is -2.32. The van der Waals surface area contributed by atoms with Gasteiger partial charge in [-0.3, -0.25) is 9.59 Å². The van der Waals surface area contributed by atoms with E-state index in [0.717, 1.165) is 0 Å². The van der Waals surface area contributed by atoms with Crippen LogP contribution < -0.4 is 33.2 Å². The maximum Gasteiger partial charge on any atom is 0.330 e. The SMILES string of the molecule is COc1cc([C@@H](O)[C@@H](COC(=O)/C=C/c2ccc(OC(C)=O)cc2)Oc2c(OC)cccc2OC)cc(OC)c1OC(C)=O. The van der Waals surface area contributed by atoms with E-state index in [1.165, 1.54) is 66.6 Å². The standard InChI is InChI=1S/C32H34O12/c1-19(33)42-23-13-10-21(11-14-23)12-15-29(35)41-18-28(44-31-24(37-3)8-7-9-25(31)38-4)30(36)22-16-26(39-5)32(43-20(2)34)27(17-22)40-6/h7-17,28,30,36H,18H2,1-6H3/b15-12+/t28-,30-/m1/s1. The van der Waals surface area contributed by atoms with Crippen molar-refractivity contribution in [3.05, 3.63) is 71.8 Å². The zero-order chi connectivity index (χ0) is 32.2. The van der Waals surface area contributed by atoms with E-state index in [4.69, 9.17) is 37.9 Å². The molecule has 0 aliphatic rings. The first-order valence-electron chi connectivity index (χ1n) is 13.2. The van der Waals surface area contributed by atoms with Crippen molar-refractivity contribution in [3.63, 3.8) is 0 Å². The molecule has 0 amide bonds. The molecule has 0 aliphatic heterocycles. The molecule has 3 aromatic carbocycles. The minimum atomic E-state index is -1.43. The molecule has 44 heavy (non-hydrogen) atoms. The van der Waals surface area contributed by atoms with Crippen LogP contribution in [-0.4, -0.2) is 64.2 Å². The number of aliphatic hydroxyl groups excluding tert-OH is 1. The van der Waals surface area contributed by atoms with Crippen LogP contribution in [0.5, 0.6) is 40.2 Å². The number of esters is 3. The van der Waals surface area contributed by atoms with E-state index in [9.17, 15) is 19.5 Å². The van der Waals surface area contributed by atoms with Crippen molar-refractivity contribution >= 4 is 24.0 Å². The van der Waals surface area contributed by atoms with E-state index in [1.807, 2.05) is 0 Å². The summed E-state index contributed by atoms with van der Waals surface area (Å²) in [7, 11) is 5.62. The van der Waals surface area contributed by atoms with Crippen molar-refractivity contribution in [1.29, 1.82) is 0 Å². The minimum absolute atomic E-state index is 0.0276. The van der Waals surface area contributed by atoms with Crippen molar-refractivity contribution in [2.45, 2.75) is 26.1 Å². The number of para-hydroxylation sites is 1. The van der Waals surface area contributed by atoms with Gasteiger partial charge in [-0.25, -0.2) is 4.79 Å². The van der Waals surface area contributed by atoms with Crippen LogP contribution >= 0.6 is 0 Å². The second kappa shape index (κ2) is 15.8. The van der Waals surface area contributed by atoms with Gasteiger partial charge in [-0.05, 0) is 53.6 Å². The van der Waals surface area contributed by atoms with Gasteiger partial charge in [0.15, 0.2) is 29.1 Å². The number of hydrogen-bond acceptors (Lipinski definition) is 12. The van der Waals surface area contributed by atoms with E-state index in [2.05, 4.69) is 0 Å². The lowest BCUT2D eigenvalue weighted by atomic mass is 10.0. The average molecular weight is 611 g/mol. The molecule has 1 N–H and O–H groups in total. The molecule has 0 unspecified atom stereocenters. The number of hydrogen-bond donors (Lipinski definition) is 1. The first kappa shape index (κ1) is 33.3. The fraction of sp³-hybridized carbons (Fsp3) is 0.281. The number of methoxy groups -OCH3 is 4. The summed E-state index contributed by atoms with van der Waals surface area (Å²) < 4.78 is 43.5. The van der Waals surface area contributed by atoms with Gasteiger partial charge in [-0.1, -0.05) is 18.2 Å². The molecule has 0 spiro atoms. The summed E-state index contributed by atoms with van der Waals surface area (Å²) >= 11 is 0. The Balaban J connectivity index is 1.90. The predicted molar refractivity (Wildman–Crippen MR) is 158 cm³/mol. The fourth-order valence-electron chi connectivity index (χ4n) is 3.99. The maximum absolute atomic E-state index is 12.7. The van der Waals surface area contributed by atoms with E-state index in [0.29, 0.717) is 22.8 Å². The Morgan fingerprint density at radius 1 is 0.750 bits per heavy atom. The van der Waals surface area contributed by atoms with Gasteiger partial charge in [0.25, 0.3) is 0 Å². The molecule has 0 heterocycles. The maximum atomic E-state index is 12.7. The van der Waals surface area contributed by atoms with Crippen LogP contribution in [0, 0.1) is 0 Å². The summed E-state index contributed by atoms with van der Waals surface area (Å²) in [6.45, 7) is 2.12. The number of carbonyl (C=O) groups is 3. The number of aliphatic hydroxyl groups is 1. The van der Waals surface area contributed by atoms with Gasteiger partial charge < -0.3 is 43.0 Å². The number of benzene rings is 3. The van der Waals surface area contributed by atoms with Gasteiger partial charge in [0, 0.05) is 19.9 Å². The van der Waals surface area contributed by atoms with E-state index < -0.39 is 36.7 Å². The topological polar surface area (TPSA) is 145 Å². The average Bonchev–Trinajstić information content (AvgIpc) is 3.01. The Hall–Kier alpha value is -5.23. The normalized spacial score (nSPS) is 12.1. The lowest BCUT2D eigenvalue weighted by molar-refractivity contribution is -0.142. The molecule has 0 fully saturated rings. The molecular weight excluding hydrogens is 576 g/mol. The largest absolute Gasteiger partial charge is 0.493 e.